The van der Waals surface area contributed by atoms with Gasteiger partial charge in [-0.15, -0.1) is 13.2 Å². The van der Waals surface area contributed by atoms with Crippen LogP contribution >= 0.6 is 11.9 Å². The highest BCUT2D eigenvalue weighted by molar-refractivity contribution is 7.97. The fourth-order valence-corrected chi connectivity index (χ4v) is 3.77. The van der Waals surface area contributed by atoms with Crippen LogP contribution in [0.1, 0.15) is 31.4 Å². The lowest BCUT2D eigenvalue weighted by Gasteiger charge is -2.25. The summed E-state index contributed by atoms with van der Waals surface area (Å²) >= 11 is 1.74. The minimum Gasteiger partial charge on any atom is -0.468 e. The number of hydrogen-bond acceptors (Lipinski definition) is 6. The SMILES string of the molecule is C=C.CC.COC(=O)C(N)Cc1ccc(C2=CCN(Sc3cccnc3)CC2)cc1. The summed E-state index contributed by atoms with van der Waals surface area (Å²) in [6.07, 6.45) is 7.46. The van der Waals surface area contributed by atoms with Gasteiger partial charge in [-0.2, -0.15) is 0 Å². The van der Waals surface area contributed by atoms with E-state index >= 15 is 0 Å². The standard InChI is InChI=1S/C20H23N3O2S.C2H6.C2H4/c1-25-20(24)19(21)13-15-4-6-16(7-5-15)17-8-11-23(12-9-17)26-18-3-2-10-22-14-18;2*1-2/h2-8,10,14,19H,9,11-13,21H2,1H3;1-2H3;1-2H2. The number of carbonyl (C=O) groups excluding carboxylic acids is 1. The molecule has 30 heavy (non-hydrogen) atoms. The zero-order chi connectivity index (χ0) is 22.4. The Kier molecular flexibility index (Phi) is 12.4. The van der Waals surface area contributed by atoms with Crippen molar-refractivity contribution in [3.63, 3.8) is 0 Å². The first kappa shape index (κ1) is 25.6. The first-order valence-electron chi connectivity index (χ1n) is 10.1. The van der Waals surface area contributed by atoms with Crippen LogP contribution < -0.4 is 5.73 Å². The molecule has 1 aromatic carbocycles. The smallest absolute Gasteiger partial charge is 0.322 e. The Morgan fingerprint density at radius 1 is 1.27 bits per heavy atom. The molecule has 0 spiro atoms. The topological polar surface area (TPSA) is 68.5 Å². The summed E-state index contributed by atoms with van der Waals surface area (Å²) in [6.45, 7) is 11.9. The molecule has 1 unspecified atom stereocenters. The lowest BCUT2D eigenvalue weighted by Crippen LogP contribution is -2.33. The van der Waals surface area contributed by atoms with Crippen LogP contribution in [0.4, 0.5) is 0 Å². The molecule has 0 amide bonds. The number of hydrogen-bond donors (Lipinski definition) is 1. The van der Waals surface area contributed by atoms with Crippen LogP contribution in [0.25, 0.3) is 5.57 Å². The average Bonchev–Trinajstić information content (AvgIpc) is 2.83. The van der Waals surface area contributed by atoms with Crippen molar-refractivity contribution in [2.75, 3.05) is 20.2 Å². The Morgan fingerprint density at radius 3 is 2.50 bits per heavy atom. The van der Waals surface area contributed by atoms with Gasteiger partial charge >= 0.3 is 5.97 Å². The third-order valence-electron chi connectivity index (χ3n) is 4.33. The summed E-state index contributed by atoms with van der Waals surface area (Å²) < 4.78 is 7.01. The second-order valence-corrected chi connectivity index (χ2v) is 7.35. The fourth-order valence-electron chi connectivity index (χ4n) is 2.89. The van der Waals surface area contributed by atoms with E-state index in [0.717, 1.165) is 30.0 Å². The van der Waals surface area contributed by atoms with Gasteiger partial charge < -0.3 is 10.5 Å². The van der Waals surface area contributed by atoms with Crippen molar-refractivity contribution in [2.24, 2.45) is 5.73 Å². The van der Waals surface area contributed by atoms with Crippen LogP contribution in [0.2, 0.25) is 0 Å². The minimum absolute atomic E-state index is 0.379. The van der Waals surface area contributed by atoms with E-state index < -0.39 is 6.04 Å². The number of methoxy groups -OCH3 is 1. The molecule has 0 fully saturated rings. The van der Waals surface area contributed by atoms with E-state index in [2.05, 4.69) is 51.5 Å². The number of benzene rings is 1. The molecule has 0 aliphatic carbocycles. The van der Waals surface area contributed by atoms with Gasteiger partial charge in [0.2, 0.25) is 0 Å². The Labute approximate surface area is 185 Å². The van der Waals surface area contributed by atoms with Crippen LogP contribution in [-0.2, 0) is 16.0 Å². The van der Waals surface area contributed by atoms with E-state index in [4.69, 9.17) is 5.73 Å². The first-order valence-corrected chi connectivity index (χ1v) is 10.9. The maximum absolute atomic E-state index is 11.4. The molecule has 2 aromatic rings. The Hall–Kier alpha value is -2.41. The Balaban J connectivity index is 0.00000106. The first-order chi connectivity index (χ1) is 14.7. The molecule has 1 atom stereocenters. The molecule has 0 radical (unpaired) electrons. The molecule has 2 heterocycles. The van der Waals surface area contributed by atoms with Crippen LogP contribution in [0.3, 0.4) is 0 Å². The molecule has 2 N–H and O–H groups in total. The molecular weight excluding hydrogens is 394 g/mol. The normalized spacial score (nSPS) is 14.2. The number of nitrogens with zero attached hydrogens (tertiary/aromatic N) is 2. The van der Waals surface area contributed by atoms with Crippen molar-refractivity contribution >= 4 is 23.5 Å². The molecule has 1 aliphatic rings. The largest absolute Gasteiger partial charge is 0.468 e. The highest BCUT2D eigenvalue weighted by atomic mass is 32.2. The van der Waals surface area contributed by atoms with Gasteiger partial charge in [0.25, 0.3) is 0 Å². The molecule has 0 saturated carbocycles. The van der Waals surface area contributed by atoms with Gasteiger partial charge in [0.05, 0.1) is 7.11 Å². The van der Waals surface area contributed by atoms with Gasteiger partial charge in [-0.1, -0.05) is 44.2 Å². The third-order valence-corrected chi connectivity index (χ3v) is 5.37. The number of esters is 1. The number of nitrogens with two attached hydrogens (primary N) is 1. The maximum atomic E-state index is 11.4. The van der Waals surface area contributed by atoms with Crippen molar-refractivity contribution in [1.29, 1.82) is 0 Å². The molecule has 6 heteroatoms. The minimum atomic E-state index is -0.613. The summed E-state index contributed by atoms with van der Waals surface area (Å²) in [5.74, 6) is -0.379. The number of ether oxygens (including phenoxy) is 1. The number of rotatable bonds is 6. The third kappa shape index (κ3) is 8.14. The molecule has 3 rings (SSSR count). The van der Waals surface area contributed by atoms with E-state index in [-0.39, 0.29) is 5.97 Å². The maximum Gasteiger partial charge on any atom is 0.322 e. The van der Waals surface area contributed by atoms with Crippen molar-refractivity contribution in [1.82, 2.24) is 9.29 Å². The highest BCUT2D eigenvalue weighted by Crippen LogP contribution is 2.29. The molecular formula is C24H33N3O2S. The summed E-state index contributed by atoms with van der Waals surface area (Å²) in [7, 11) is 1.36. The zero-order valence-corrected chi connectivity index (χ0v) is 19.0. The van der Waals surface area contributed by atoms with Crippen LogP contribution in [0.15, 0.2) is 72.9 Å². The molecule has 1 aliphatic heterocycles. The zero-order valence-electron chi connectivity index (χ0n) is 18.2. The van der Waals surface area contributed by atoms with Crippen molar-refractivity contribution in [3.05, 3.63) is 79.2 Å². The van der Waals surface area contributed by atoms with Crippen LogP contribution in [0.5, 0.6) is 0 Å². The fraction of sp³-hybridized carbons (Fsp3) is 0.333. The molecule has 5 nitrogen and oxygen atoms in total. The van der Waals surface area contributed by atoms with E-state index in [1.54, 1.807) is 18.1 Å². The Morgan fingerprint density at radius 2 is 1.97 bits per heavy atom. The quantitative estimate of drug-likeness (QED) is 0.408. The second kappa shape index (κ2) is 14.6. The van der Waals surface area contributed by atoms with E-state index in [1.807, 2.05) is 38.2 Å². The van der Waals surface area contributed by atoms with Crippen molar-refractivity contribution < 1.29 is 9.53 Å². The molecule has 162 valence electrons. The van der Waals surface area contributed by atoms with Crippen LogP contribution in [-0.4, -0.2) is 41.5 Å². The number of carbonyl (C=O) groups is 1. The van der Waals surface area contributed by atoms with Crippen molar-refractivity contribution in [2.45, 2.75) is 37.6 Å². The van der Waals surface area contributed by atoms with Gasteiger partial charge in [0, 0.05) is 30.4 Å². The average molecular weight is 428 g/mol. The summed E-state index contributed by atoms with van der Waals surface area (Å²) in [6, 6.07) is 11.7. The number of pyridine rings is 1. The van der Waals surface area contributed by atoms with Crippen LogP contribution in [0, 0.1) is 0 Å². The molecule has 1 aromatic heterocycles. The monoisotopic (exact) mass is 427 g/mol. The molecule has 0 bridgehead atoms. The van der Waals surface area contributed by atoms with E-state index in [9.17, 15) is 4.79 Å². The van der Waals surface area contributed by atoms with Gasteiger partial charge in [-0.3, -0.25) is 9.78 Å². The predicted molar refractivity (Wildman–Crippen MR) is 127 cm³/mol. The second-order valence-electron chi connectivity index (χ2n) is 6.18. The molecule has 0 saturated heterocycles. The van der Waals surface area contributed by atoms with Gasteiger partial charge in [0.15, 0.2) is 0 Å². The lowest BCUT2D eigenvalue weighted by atomic mass is 9.97. The predicted octanol–water partition coefficient (Wildman–Crippen LogP) is 4.75. The summed E-state index contributed by atoms with van der Waals surface area (Å²) in [5, 5.41) is 0. The highest BCUT2D eigenvalue weighted by Gasteiger charge is 2.16. The number of aromatic nitrogens is 1. The summed E-state index contributed by atoms with van der Waals surface area (Å²) in [4.78, 5) is 16.7. The van der Waals surface area contributed by atoms with E-state index in [0.29, 0.717) is 6.42 Å². The van der Waals surface area contributed by atoms with Gasteiger partial charge in [0.1, 0.15) is 6.04 Å². The summed E-state index contributed by atoms with van der Waals surface area (Å²) in [5.41, 5.74) is 9.45. The van der Waals surface area contributed by atoms with E-state index in [1.165, 1.54) is 18.2 Å². The lowest BCUT2D eigenvalue weighted by molar-refractivity contribution is -0.142. The van der Waals surface area contributed by atoms with Gasteiger partial charge in [-0.05, 0) is 53.6 Å². The van der Waals surface area contributed by atoms with Crippen molar-refractivity contribution in [3.8, 4) is 0 Å². The van der Waals surface area contributed by atoms with Gasteiger partial charge in [-0.25, -0.2) is 4.31 Å². The Bertz CT molecular complexity index is 779.